The third-order valence-corrected chi connectivity index (χ3v) is 2.39. The predicted molar refractivity (Wildman–Crippen MR) is 60.1 cm³/mol. The van der Waals surface area contributed by atoms with E-state index in [2.05, 4.69) is 25.2 Å². The summed E-state index contributed by atoms with van der Waals surface area (Å²) in [6.45, 7) is 3.63. The normalized spacial score (nSPS) is 23.0. The molecule has 0 heterocycles. The molecular formula is C13H18O. The molecular weight excluding hydrogens is 172 g/mol. The largest absolute Gasteiger partial charge is 0.295 e. The highest BCUT2D eigenvalue weighted by molar-refractivity contribution is 5.87. The fourth-order valence-electron chi connectivity index (χ4n) is 1.64. The monoisotopic (exact) mass is 190 g/mol. The van der Waals surface area contributed by atoms with Crippen LogP contribution in [0.2, 0.25) is 0 Å². The van der Waals surface area contributed by atoms with Gasteiger partial charge in [0.2, 0.25) is 0 Å². The second-order valence-corrected chi connectivity index (χ2v) is 3.90. The highest BCUT2D eigenvalue weighted by Crippen LogP contribution is 2.20. The smallest absolute Gasteiger partial charge is 0.152 e. The van der Waals surface area contributed by atoms with Gasteiger partial charge in [-0.25, -0.2) is 0 Å². The minimum absolute atomic E-state index is 0.112. The van der Waals surface area contributed by atoms with Crippen LogP contribution in [-0.4, -0.2) is 5.78 Å². The molecule has 0 aromatic heterocycles. The van der Waals surface area contributed by atoms with Crippen LogP contribution in [-0.2, 0) is 4.79 Å². The number of allylic oxidation sites excluding steroid dienone is 6. The molecule has 1 rings (SSSR count). The van der Waals surface area contributed by atoms with Crippen LogP contribution >= 0.6 is 0 Å². The van der Waals surface area contributed by atoms with Gasteiger partial charge in [0.15, 0.2) is 5.78 Å². The van der Waals surface area contributed by atoms with Gasteiger partial charge in [0.05, 0.1) is 0 Å². The average Bonchev–Trinajstić information content (AvgIpc) is 2.16. The van der Waals surface area contributed by atoms with Crippen LogP contribution in [0.25, 0.3) is 0 Å². The zero-order chi connectivity index (χ0) is 10.4. The van der Waals surface area contributed by atoms with Crippen molar-refractivity contribution in [3.05, 3.63) is 36.0 Å². The molecule has 1 heteroatoms. The van der Waals surface area contributed by atoms with E-state index in [1.165, 1.54) is 18.4 Å². The van der Waals surface area contributed by atoms with Gasteiger partial charge in [-0.2, -0.15) is 0 Å². The molecule has 1 unspecified atom stereocenters. The van der Waals surface area contributed by atoms with E-state index in [1.54, 1.807) is 13.0 Å². The van der Waals surface area contributed by atoms with E-state index in [-0.39, 0.29) is 5.78 Å². The molecule has 1 nitrogen and oxygen atoms in total. The first-order valence-corrected chi connectivity index (χ1v) is 5.20. The topological polar surface area (TPSA) is 17.1 Å². The standard InChI is InChI=1S/C13H18O/c1-11(8-9-12(2)14)10-13-6-4-3-5-7-13/h3-4,8-10,13H,5-7H2,1-2H3/b9-8+,11-10+. The van der Waals surface area contributed by atoms with Crippen molar-refractivity contribution in [3.63, 3.8) is 0 Å². The Bertz CT molecular complexity index is 282. The summed E-state index contributed by atoms with van der Waals surface area (Å²) < 4.78 is 0. The Morgan fingerprint density at radius 2 is 2.07 bits per heavy atom. The first kappa shape index (κ1) is 11.0. The maximum Gasteiger partial charge on any atom is 0.152 e. The lowest BCUT2D eigenvalue weighted by atomic mass is 9.92. The average molecular weight is 190 g/mol. The molecule has 76 valence electrons. The van der Waals surface area contributed by atoms with E-state index in [0.717, 1.165) is 6.42 Å². The van der Waals surface area contributed by atoms with E-state index < -0.39 is 0 Å². The summed E-state index contributed by atoms with van der Waals surface area (Å²) >= 11 is 0. The molecule has 0 saturated carbocycles. The fourth-order valence-corrected chi connectivity index (χ4v) is 1.64. The van der Waals surface area contributed by atoms with E-state index in [4.69, 9.17) is 0 Å². The maximum absolute atomic E-state index is 10.7. The molecule has 0 saturated heterocycles. The summed E-state index contributed by atoms with van der Waals surface area (Å²) in [6, 6.07) is 0. The lowest BCUT2D eigenvalue weighted by molar-refractivity contribution is -0.112. The highest BCUT2D eigenvalue weighted by atomic mass is 16.1. The number of hydrogen-bond donors (Lipinski definition) is 0. The van der Waals surface area contributed by atoms with Gasteiger partial charge in [-0.3, -0.25) is 4.79 Å². The van der Waals surface area contributed by atoms with Crippen LogP contribution < -0.4 is 0 Å². The van der Waals surface area contributed by atoms with Crippen LogP contribution in [0.5, 0.6) is 0 Å². The molecule has 0 aromatic carbocycles. The van der Waals surface area contributed by atoms with Gasteiger partial charge in [-0.15, -0.1) is 0 Å². The van der Waals surface area contributed by atoms with Gasteiger partial charge in [0, 0.05) is 0 Å². The number of ketones is 1. The summed E-state index contributed by atoms with van der Waals surface area (Å²) in [7, 11) is 0. The number of carbonyl (C=O) groups is 1. The maximum atomic E-state index is 10.7. The van der Waals surface area contributed by atoms with Crippen molar-refractivity contribution in [1.82, 2.24) is 0 Å². The molecule has 0 amide bonds. The van der Waals surface area contributed by atoms with E-state index in [1.807, 2.05) is 6.08 Å². The SMILES string of the molecule is CC(=O)/C=C/C(C)=C/C1CC=CCC1. The van der Waals surface area contributed by atoms with Gasteiger partial charge in [0.1, 0.15) is 0 Å². The summed E-state index contributed by atoms with van der Waals surface area (Å²) in [5, 5.41) is 0. The Morgan fingerprint density at radius 1 is 1.29 bits per heavy atom. The Balaban J connectivity index is 2.50. The van der Waals surface area contributed by atoms with Gasteiger partial charge < -0.3 is 0 Å². The predicted octanol–water partition coefficient (Wildman–Crippen LogP) is 3.43. The van der Waals surface area contributed by atoms with E-state index in [9.17, 15) is 4.79 Å². The van der Waals surface area contributed by atoms with Crippen molar-refractivity contribution < 1.29 is 4.79 Å². The van der Waals surface area contributed by atoms with Crippen LogP contribution in [0.15, 0.2) is 36.0 Å². The van der Waals surface area contributed by atoms with Crippen molar-refractivity contribution in [1.29, 1.82) is 0 Å². The molecule has 0 radical (unpaired) electrons. The minimum Gasteiger partial charge on any atom is -0.295 e. The highest BCUT2D eigenvalue weighted by Gasteiger charge is 2.05. The van der Waals surface area contributed by atoms with Gasteiger partial charge >= 0.3 is 0 Å². The second-order valence-electron chi connectivity index (χ2n) is 3.90. The Hall–Kier alpha value is -1.11. The summed E-state index contributed by atoms with van der Waals surface area (Å²) in [5.41, 5.74) is 1.19. The van der Waals surface area contributed by atoms with Crippen molar-refractivity contribution >= 4 is 5.78 Å². The van der Waals surface area contributed by atoms with E-state index >= 15 is 0 Å². The van der Waals surface area contributed by atoms with Crippen LogP contribution in [0.4, 0.5) is 0 Å². The summed E-state index contributed by atoms with van der Waals surface area (Å²) in [6.07, 6.45) is 13.9. The number of carbonyl (C=O) groups excluding carboxylic acids is 1. The molecule has 0 fully saturated rings. The first-order chi connectivity index (χ1) is 6.68. The van der Waals surface area contributed by atoms with Crippen LogP contribution in [0, 0.1) is 5.92 Å². The zero-order valence-electron chi connectivity index (χ0n) is 8.99. The second kappa shape index (κ2) is 5.58. The van der Waals surface area contributed by atoms with Crippen LogP contribution in [0.3, 0.4) is 0 Å². The molecule has 1 atom stereocenters. The molecule has 0 N–H and O–H groups in total. The fraction of sp³-hybridized carbons (Fsp3) is 0.462. The lowest BCUT2D eigenvalue weighted by Gasteiger charge is -2.13. The molecule has 1 aliphatic carbocycles. The Morgan fingerprint density at radius 3 is 2.64 bits per heavy atom. The first-order valence-electron chi connectivity index (χ1n) is 5.20. The van der Waals surface area contributed by atoms with Crippen LogP contribution in [0.1, 0.15) is 33.1 Å². The lowest BCUT2D eigenvalue weighted by Crippen LogP contribution is -1.98. The van der Waals surface area contributed by atoms with Gasteiger partial charge in [-0.1, -0.05) is 29.9 Å². The Kier molecular flexibility index (Phi) is 4.37. The molecule has 0 bridgehead atoms. The van der Waals surface area contributed by atoms with Crippen molar-refractivity contribution in [3.8, 4) is 0 Å². The number of hydrogen-bond acceptors (Lipinski definition) is 1. The number of rotatable bonds is 3. The molecule has 0 spiro atoms. The van der Waals surface area contributed by atoms with Crippen molar-refractivity contribution in [2.24, 2.45) is 5.92 Å². The molecule has 14 heavy (non-hydrogen) atoms. The molecule has 0 aromatic rings. The van der Waals surface area contributed by atoms with Crippen molar-refractivity contribution in [2.45, 2.75) is 33.1 Å². The molecule has 0 aliphatic heterocycles. The van der Waals surface area contributed by atoms with E-state index in [0.29, 0.717) is 5.92 Å². The van der Waals surface area contributed by atoms with Crippen molar-refractivity contribution in [2.75, 3.05) is 0 Å². The summed E-state index contributed by atoms with van der Waals surface area (Å²) in [4.78, 5) is 10.7. The Labute approximate surface area is 86.2 Å². The third-order valence-electron chi connectivity index (χ3n) is 2.39. The summed E-state index contributed by atoms with van der Waals surface area (Å²) in [5.74, 6) is 0.776. The van der Waals surface area contributed by atoms with Gasteiger partial charge in [-0.05, 0) is 45.1 Å². The minimum atomic E-state index is 0.112. The zero-order valence-corrected chi connectivity index (χ0v) is 8.99. The third kappa shape index (κ3) is 4.22. The van der Waals surface area contributed by atoms with Gasteiger partial charge in [0.25, 0.3) is 0 Å². The molecule has 1 aliphatic rings. The quantitative estimate of drug-likeness (QED) is 0.378.